The van der Waals surface area contributed by atoms with Crippen LogP contribution in [-0.4, -0.2) is 11.6 Å². The summed E-state index contributed by atoms with van der Waals surface area (Å²) in [6, 6.07) is 9.98. The first kappa shape index (κ1) is 12.7. The minimum absolute atomic E-state index is 0.220. The van der Waals surface area contributed by atoms with Crippen LogP contribution < -0.4 is 5.43 Å². The Kier molecular flexibility index (Phi) is 3.14. The second-order valence-corrected chi connectivity index (χ2v) is 5.07. The molecule has 1 aliphatic rings. The van der Waals surface area contributed by atoms with Crippen LogP contribution in [0.4, 0.5) is 0 Å². The highest BCUT2D eigenvalue weighted by molar-refractivity contribution is 5.98. The van der Waals surface area contributed by atoms with Gasteiger partial charge in [0.1, 0.15) is 11.5 Å². The van der Waals surface area contributed by atoms with E-state index in [4.69, 9.17) is 4.42 Å². The molecule has 1 aliphatic carbocycles. The van der Waals surface area contributed by atoms with Gasteiger partial charge in [-0.3, -0.25) is 4.79 Å². The fourth-order valence-corrected chi connectivity index (χ4v) is 2.53. The average molecular weight is 268 g/mol. The van der Waals surface area contributed by atoms with Gasteiger partial charge in [0, 0.05) is 18.6 Å². The number of nitrogens with one attached hydrogen (secondary N) is 1. The molecule has 4 nitrogen and oxygen atoms in total. The number of carbonyl (C=O) groups excluding carboxylic acids is 1. The van der Waals surface area contributed by atoms with E-state index < -0.39 is 0 Å². The molecule has 1 amide bonds. The van der Waals surface area contributed by atoms with Gasteiger partial charge in [0.25, 0.3) is 5.91 Å². The number of furan rings is 1. The van der Waals surface area contributed by atoms with Crippen LogP contribution in [0.3, 0.4) is 0 Å². The molecule has 0 radical (unpaired) electrons. The number of benzene rings is 1. The summed E-state index contributed by atoms with van der Waals surface area (Å²) in [4.78, 5) is 12.0. The number of hydrogen-bond acceptors (Lipinski definition) is 3. The molecule has 0 saturated carbocycles. The van der Waals surface area contributed by atoms with Gasteiger partial charge < -0.3 is 4.42 Å². The van der Waals surface area contributed by atoms with Crippen molar-refractivity contribution >= 4 is 11.6 Å². The average Bonchev–Trinajstić information content (AvgIpc) is 2.98. The molecule has 102 valence electrons. The van der Waals surface area contributed by atoms with Crippen molar-refractivity contribution in [1.82, 2.24) is 5.43 Å². The SMILES string of the molecule is Cc1cc(C(=O)NN=C2Cc3ccccc3C2)c(C)o1. The van der Waals surface area contributed by atoms with Gasteiger partial charge in [0.2, 0.25) is 0 Å². The van der Waals surface area contributed by atoms with E-state index in [1.54, 1.807) is 13.0 Å². The molecule has 0 unspecified atom stereocenters. The van der Waals surface area contributed by atoms with Gasteiger partial charge in [0.15, 0.2) is 0 Å². The lowest BCUT2D eigenvalue weighted by atomic mass is 10.1. The molecular formula is C16H16N2O2. The van der Waals surface area contributed by atoms with E-state index in [9.17, 15) is 4.79 Å². The maximum Gasteiger partial charge on any atom is 0.274 e. The fourth-order valence-electron chi connectivity index (χ4n) is 2.53. The number of rotatable bonds is 2. The zero-order chi connectivity index (χ0) is 14.1. The fraction of sp³-hybridized carbons (Fsp3) is 0.250. The van der Waals surface area contributed by atoms with Crippen molar-refractivity contribution < 1.29 is 9.21 Å². The highest BCUT2D eigenvalue weighted by Crippen LogP contribution is 2.19. The summed E-state index contributed by atoms with van der Waals surface area (Å²) in [5.41, 5.74) is 6.72. The molecule has 3 rings (SSSR count). The van der Waals surface area contributed by atoms with Crippen LogP contribution in [0.5, 0.6) is 0 Å². The summed E-state index contributed by atoms with van der Waals surface area (Å²) in [6.07, 6.45) is 1.61. The van der Waals surface area contributed by atoms with Crippen molar-refractivity contribution in [2.24, 2.45) is 5.10 Å². The predicted molar refractivity (Wildman–Crippen MR) is 76.9 cm³/mol. The van der Waals surface area contributed by atoms with Gasteiger partial charge >= 0.3 is 0 Å². The zero-order valence-electron chi connectivity index (χ0n) is 11.6. The molecule has 0 aliphatic heterocycles. The van der Waals surface area contributed by atoms with Crippen LogP contribution in [0, 0.1) is 13.8 Å². The monoisotopic (exact) mass is 268 g/mol. The van der Waals surface area contributed by atoms with Crippen LogP contribution in [0.15, 0.2) is 39.9 Å². The van der Waals surface area contributed by atoms with Gasteiger partial charge in [-0.1, -0.05) is 24.3 Å². The molecule has 4 heteroatoms. The molecule has 1 heterocycles. The minimum Gasteiger partial charge on any atom is -0.466 e. The Morgan fingerprint density at radius 2 is 1.85 bits per heavy atom. The quantitative estimate of drug-likeness (QED) is 0.851. The third-order valence-electron chi connectivity index (χ3n) is 3.51. The lowest BCUT2D eigenvalue weighted by Crippen LogP contribution is -2.20. The Hall–Kier alpha value is -2.36. The molecule has 2 aromatic rings. The molecule has 0 fully saturated rings. The molecule has 1 aromatic carbocycles. The molecule has 0 bridgehead atoms. The Balaban J connectivity index is 1.70. The Morgan fingerprint density at radius 3 is 2.40 bits per heavy atom. The van der Waals surface area contributed by atoms with Crippen molar-refractivity contribution in [1.29, 1.82) is 0 Å². The number of amides is 1. The van der Waals surface area contributed by atoms with Crippen LogP contribution in [0.1, 0.15) is 33.0 Å². The standard InChI is InChI=1S/C16H16N2O2/c1-10-7-15(11(2)20-10)16(19)18-17-14-8-12-5-3-4-6-13(12)9-14/h3-7H,8-9H2,1-2H3,(H,18,19). The predicted octanol–water partition coefficient (Wildman–Crippen LogP) is 2.78. The summed E-state index contributed by atoms with van der Waals surface area (Å²) < 4.78 is 5.35. The number of carbonyl (C=O) groups is 1. The molecule has 0 atom stereocenters. The highest BCUT2D eigenvalue weighted by Gasteiger charge is 2.17. The summed E-state index contributed by atoms with van der Waals surface area (Å²) >= 11 is 0. The summed E-state index contributed by atoms with van der Waals surface area (Å²) in [7, 11) is 0. The highest BCUT2D eigenvalue weighted by atomic mass is 16.3. The molecule has 1 N–H and O–H groups in total. The van der Waals surface area contributed by atoms with E-state index in [0.29, 0.717) is 11.3 Å². The maximum absolute atomic E-state index is 12.0. The normalized spacial score (nSPS) is 13.2. The van der Waals surface area contributed by atoms with Crippen molar-refractivity contribution in [2.75, 3.05) is 0 Å². The van der Waals surface area contributed by atoms with E-state index in [1.807, 2.05) is 19.1 Å². The minimum atomic E-state index is -0.220. The topological polar surface area (TPSA) is 54.6 Å². The van der Waals surface area contributed by atoms with Gasteiger partial charge in [-0.25, -0.2) is 5.43 Å². The van der Waals surface area contributed by atoms with Crippen molar-refractivity contribution in [2.45, 2.75) is 26.7 Å². The smallest absolute Gasteiger partial charge is 0.274 e. The summed E-state index contributed by atoms with van der Waals surface area (Å²) in [5.74, 6) is 1.13. The van der Waals surface area contributed by atoms with Gasteiger partial charge in [-0.15, -0.1) is 0 Å². The number of nitrogens with zero attached hydrogens (tertiary/aromatic N) is 1. The lowest BCUT2D eigenvalue weighted by molar-refractivity contribution is 0.0953. The first-order chi connectivity index (χ1) is 9.63. The summed E-state index contributed by atoms with van der Waals surface area (Å²) in [5, 5.41) is 4.24. The van der Waals surface area contributed by atoms with Crippen molar-refractivity contribution in [3.63, 3.8) is 0 Å². The van der Waals surface area contributed by atoms with E-state index in [0.717, 1.165) is 24.3 Å². The molecule has 20 heavy (non-hydrogen) atoms. The van der Waals surface area contributed by atoms with Crippen LogP contribution in [-0.2, 0) is 12.8 Å². The van der Waals surface area contributed by atoms with Gasteiger partial charge in [-0.2, -0.15) is 5.10 Å². The number of hydrogen-bond donors (Lipinski definition) is 1. The molecule has 0 saturated heterocycles. The number of aryl methyl sites for hydroxylation is 2. The third-order valence-corrected chi connectivity index (χ3v) is 3.51. The number of hydrazone groups is 1. The first-order valence-corrected chi connectivity index (χ1v) is 6.63. The lowest BCUT2D eigenvalue weighted by Gasteiger charge is -1.99. The summed E-state index contributed by atoms with van der Waals surface area (Å²) in [6.45, 7) is 3.60. The van der Waals surface area contributed by atoms with Crippen molar-refractivity contribution in [3.05, 3.63) is 58.5 Å². The van der Waals surface area contributed by atoms with E-state index in [1.165, 1.54) is 11.1 Å². The van der Waals surface area contributed by atoms with Crippen LogP contribution in [0.25, 0.3) is 0 Å². The van der Waals surface area contributed by atoms with Gasteiger partial charge in [-0.05, 0) is 31.0 Å². The van der Waals surface area contributed by atoms with Gasteiger partial charge in [0.05, 0.1) is 5.56 Å². The van der Waals surface area contributed by atoms with E-state index in [2.05, 4.69) is 22.7 Å². The van der Waals surface area contributed by atoms with Crippen LogP contribution in [0.2, 0.25) is 0 Å². The third kappa shape index (κ3) is 2.37. The molecular weight excluding hydrogens is 252 g/mol. The van der Waals surface area contributed by atoms with E-state index in [-0.39, 0.29) is 5.91 Å². The second-order valence-electron chi connectivity index (χ2n) is 5.07. The van der Waals surface area contributed by atoms with E-state index >= 15 is 0 Å². The largest absolute Gasteiger partial charge is 0.466 e. The molecule has 0 spiro atoms. The molecule has 1 aromatic heterocycles. The van der Waals surface area contributed by atoms with Crippen molar-refractivity contribution in [3.8, 4) is 0 Å². The Labute approximate surface area is 117 Å². The maximum atomic E-state index is 12.0. The Bertz CT molecular complexity index is 671. The number of fused-ring (bicyclic) bond motifs is 1. The Morgan fingerprint density at radius 1 is 1.20 bits per heavy atom. The first-order valence-electron chi connectivity index (χ1n) is 6.63. The van der Waals surface area contributed by atoms with Crippen LogP contribution >= 0.6 is 0 Å². The second kappa shape index (κ2) is 4.96. The zero-order valence-corrected chi connectivity index (χ0v) is 11.6.